The number of pyridine rings is 1. The summed E-state index contributed by atoms with van der Waals surface area (Å²) in [6, 6.07) is 11.8. The Hall–Kier alpha value is -2.19. The van der Waals surface area contributed by atoms with E-state index in [1.54, 1.807) is 17.7 Å². The number of carbonyl (C=O) groups excluding carboxylic acids is 1. The zero-order valence-electron chi connectivity index (χ0n) is 17.9. The van der Waals surface area contributed by atoms with Gasteiger partial charge in [-0.15, -0.1) is 36.2 Å². The van der Waals surface area contributed by atoms with Crippen LogP contribution >= 0.6 is 36.2 Å². The third-order valence-electron chi connectivity index (χ3n) is 5.48. The third kappa shape index (κ3) is 6.19. The van der Waals surface area contributed by atoms with Crippen LogP contribution in [0.3, 0.4) is 0 Å². The van der Waals surface area contributed by atoms with E-state index in [1.807, 2.05) is 41.8 Å². The van der Waals surface area contributed by atoms with Crippen molar-refractivity contribution in [3.63, 3.8) is 0 Å². The molecule has 0 radical (unpaired) electrons. The maximum Gasteiger partial charge on any atom is 0.263 e. The summed E-state index contributed by atoms with van der Waals surface area (Å²) in [7, 11) is 0. The fourth-order valence-corrected chi connectivity index (χ4v) is 4.56. The average molecular weight is 495 g/mol. The van der Waals surface area contributed by atoms with Crippen molar-refractivity contribution < 1.29 is 4.79 Å². The van der Waals surface area contributed by atoms with Gasteiger partial charge in [-0.05, 0) is 50.4 Å². The van der Waals surface area contributed by atoms with Crippen LogP contribution in [0.15, 0.2) is 52.8 Å². The molecule has 1 aromatic carbocycles. The predicted octanol–water partition coefficient (Wildman–Crippen LogP) is 4.05. The number of thiazole rings is 1. The number of aromatic nitrogens is 2. The monoisotopic (exact) mass is 494 g/mol. The largest absolute Gasteiger partial charge is 0.345 e. The number of piperidine rings is 1. The van der Waals surface area contributed by atoms with Crippen molar-refractivity contribution in [3.05, 3.63) is 74.5 Å². The molecule has 0 spiro atoms. The van der Waals surface area contributed by atoms with Gasteiger partial charge in [0.05, 0.1) is 12.2 Å². The van der Waals surface area contributed by atoms with Gasteiger partial charge in [-0.1, -0.05) is 30.3 Å². The normalized spacial score (nSPS) is 15.3. The van der Waals surface area contributed by atoms with E-state index in [0.29, 0.717) is 24.6 Å². The lowest BCUT2D eigenvalue weighted by atomic mass is 9.99. The Balaban J connectivity index is 0.00000181. The Labute approximate surface area is 204 Å². The Bertz CT molecular complexity index is 1080. The van der Waals surface area contributed by atoms with Crippen LogP contribution < -0.4 is 16.2 Å². The summed E-state index contributed by atoms with van der Waals surface area (Å²) in [5.41, 5.74) is 2.64. The Morgan fingerprint density at radius 2 is 2.03 bits per heavy atom. The van der Waals surface area contributed by atoms with Crippen LogP contribution in [0.5, 0.6) is 0 Å². The predicted molar refractivity (Wildman–Crippen MR) is 134 cm³/mol. The van der Waals surface area contributed by atoms with Crippen LogP contribution in [0.1, 0.15) is 33.8 Å². The summed E-state index contributed by atoms with van der Waals surface area (Å²) in [5, 5.41) is 9.04. The number of hydrogen-bond acceptors (Lipinski definition) is 5. The van der Waals surface area contributed by atoms with E-state index >= 15 is 0 Å². The molecule has 2 N–H and O–H groups in total. The van der Waals surface area contributed by atoms with Crippen molar-refractivity contribution >= 4 is 42.1 Å². The molecular weight excluding hydrogens is 467 g/mol. The van der Waals surface area contributed by atoms with Crippen LogP contribution in [-0.2, 0) is 13.1 Å². The molecular formula is C23H28Cl2N4O2S. The van der Waals surface area contributed by atoms with Crippen molar-refractivity contribution in [3.8, 4) is 11.3 Å². The highest BCUT2D eigenvalue weighted by Gasteiger charge is 2.19. The molecule has 1 unspecified atom stereocenters. The summed E-state index contributed by atoms with van der Waals surface area (Å²) >= 11 is 1.50. The minimum atomic E-state index is -0.343. The van der Waals surface area contributed by atoms with Gasteiger partial charge in [0.25, 0.3) is 11.5 Å². The summed E-state index contributed by atoms with van der Waals surface area (Å²) in [6.07, 6.45) is 4.02. The van der Waals surface area contributed by atoms with Crippen LogP contribution in [0.2, 0.25) is 0 Å². The van der Waals surface area contributed by atoms with Crippen LogP contribution in [0, 0.1) is 12.8 Å². The van der Waals surface area contributed by atoms with Crippen molar-refractivity contribution in [1.82, 2.24) is 20.2 Å². The molecule has 0 aliphatic carbocycles. The Kier molecular flexibility index (Phi) is 9.90. The van der Waals surface area contributed by atoms with Gasteiger partial charge in [-0.2, -0.15) is 0 Å². The molecule has 1 fully saturated rings. The van der Waals surface area contributed by atoms with Crippen molar-refractivity contribution in [2.45, 2.75) is 32.9 Å². The molecule has 1 atom stereocenters. The molecule has 1 amide bonds. The van der Waals surface area contributed by atoms with Crippen LogP contribution in [0.4, 0.5) is 0 Å². The van der Waals surface area contributed by atoms with E-state index in [2.05, 4.69) is 15.6 Å². The SMILES string of the molecule is Cc1ccn(CC2CCCNC2)c(=O)c1C(=O)NCc1nc(-c2ccccc2)cs1.Cl.Cl. The van der Waals surface area contributed by atoms with E-state index in [-0.39, 0.29) is 41.8 Å². The highest BCUT2D eigenvalue weighted by atomic mass is 35.5. The second kappa shape index (κ2) is 12.2. The van der Waals surface area contributed by atoms with Gasteiger partial charge in [-0.25, -0.2) is 4.98 Å². The molecule has 1 saturated heterocycles. The molecule has 3 aromatic rings. The minimum Gasteiger partial charge on any atom is -0.345 e. The van der Waals surface area contributed by atoms with Gasteiger partial charge in [0.1, 0.15) is 10.6 Å². The Morgan fingerprint density at radius 1 is 1.25 bits per heavy atom. The second-order valence-corrected chi connectivity index (χ2v) is 8.66. The molecule has 32 heavy (non-hydrogen) atoms. The summed E-state index contributed by atoms with van der Waals surface area (Å²) in [4.78, 5) is 30.4. The quantitative estimate of drug-likeness (QED) is 0.541. The maximum absolute atomic E-state index is 13.0. The first kappa shape index (κ1) is 26.1. The third-order valence-corrected chi connectivity index (χ3v) is 6.32. The molecule has 1 aliphatic heterocycles. The minimum absolute atomic E-state index is 0. The van der Waals surface area contributed by atoms with E-state index in [1.165, 1.54) is 11.3 Å². The highest BCUT2D eigenvalue weighted by molar-refractivity contribution is 7.09. The zero-order valence-corrected chi connectivity index (χ0v) is 20.3. The molecule has 2 aromatic heterocycles. The first-order valence-electron chi connectivity index (χ1n) is 10.3. The van der Waals surface area contributed by atoms with Crippen LogP contribution in [0.25, 0.3) is 11.3 Å². The molecule has 0 saturated carbocycles. The van der Waals surface area contributed by atoms with E-state index < -0.39 is 0 Å². The van der Waals surface area contributed by atoms with Gasteiger partial charge in [-0.3, -0.25) is 9.59 Å². The lowest BCUT2D eigenvalue weighted by Gasteiger charge is -2.23. The number of hydrogen-bond donors (Lipinski definition) is 2. The summed E-state index contributed by atoms with van der Waals surface area (Å²) in [5.74, 6) is 0.0758. The van der Waals surface area contributed by atoms with Crippen molar-refractivity contribution in [2.75, 3.05) is 13.1 Å². The van der Waals surface area contributed by atoms with Gasteiger partial charge >= 0.3 is 0 Å². The molecule has 9 heteroatoms. The average Bonchev–Trinajstić information content (AvgIpc) is 3.25. The maximum atomic E-state index is 13.0. The van der Waals surface area contributed by atoms with Gasteiger partial charge in [0.2, 0.25) is 0 Å². The summed E-state index contributed by atoms with van der Waals surface area (Å²) in [6.45, 7) is 4.70. The van der Waals surface area contributed by atoms with E-state index in [4.69, 9.17) is 0 Å². The number of amides is 1. The first-order chi connectivity index (χ1) is 14.6. The summed E-state index contributed by atoms with van der Waals surface area (Å²) < 4.78 is 1.68. The number of nitrogens with one attached hydrogen (secondary N) is 2. The van der Waals surface area contributed by atoms with Crippen molar-refractivity contribution in [1.29, 1.82) is 0 Å². The smallest absolute Gasteiger partial charge is 0.263 e. The number of rotatable bonds is 6. The highest BCUT2D eigenvalue weighted by Crippen LogP contribution is 2.21. The number of carbonyl (C=O) groups is 1. The van der Waals surface area contributed by atoms with Gasteiger partial charge in [0.15, 0.2) is 0 Å². The fourth-order valence-electron chi connectivity index (χ4n) is 3.82. The molecule has 6 nitrogen and oxygen atoms in total. The van der Waals surface area contributed by atoms with Crippen LogP contribution in [-0.4, -0.2) is 28.5 Å². The number of aryl methyl sites for hydroxylation is 1. The Morgan fingerprint density at radius 3 is 2.75 bits per heavy atom. The molecule has 172 valence electrons. The number of benzene rings is 1. The first-order valence-corrected chi connectivity index (χ1v) is 11.2. The molecule has 3 heterocycles. The fraction of sp³-hybridized carbons (Fsp3) is 0.348. The lowest BCUT2D eigenvalue weighted by molar-refractivity contribution is 0.0948. The zero-order chi connectivity index (χ0) is 20.9. The molecule has 0 bridgehead atoms. The topological polar surface area (TPSA) is 76.0 Å². The van der Waals surface area contributed by atoms with Gasteiger partial charge < -0.3 is 15.2 Å². The van der Waals surface area contributed by atoms with Gasteiger partial charge in [0, 0.05) is 23.7 Å². The van der Waals surface area contributed by atoms with E-state index in [9.17, 15) is 9.59 Å². The molecule has 1 aliphatic rings. The van der Waals surface area contributed by atoms with E-state index in [0.717, 1.165) is 42.2 Å². The number of nitrogens with zero attached hydrogens (tertiary/aromatic N) is 2. The second-order valence-electron chi connectivity index (χ2n) is 7.72. The van der Waals surface area contributed by atoms with Crippen molar-refractivity contribution in [2.24, 2.45) is 5.92 Å². The molecule has 4 rings (SSSR count). The standard InChI is InChI=1S/C23H26N4O2S.2ClH/c1-16-9-11-27(14-17-6-5-10-24-12-17)23(29)21(16)22(28)25-13-20-26-19(15-30-20)18-7-3-2-4-8-18;;/h2-4,7-9,11,15,17,24H,5-6,10,12-14H2,1H3,(H,25,28);2*1H. The lowest BCUT2D eigenvalue weighted by Crippen LogP contribution is -2.37. The number of halogens is 2.